The highest BCUT2D eigenvalue weighted by Crippen LogP contribution is 2.38. The van der Waals surface area contributed by atoms with Crippen LogP contribution in [0.2, 0.25) is 0 Å². The summed E-state index contributed by atoms with van der Waals surface area (Å²) >= 11 is 0. The molecular weight excluding hydrogens is 375 g/mol. The van der Waals surface area contributed by atoms with Gasteiger partial charge in [-0.15, -0.1) is 0 Å². The van der Waals surface area contributed by atoms with Gasteiger partial charge >= 0.3 is 12.1 Å². The number of nitrogens with zero attached hydrogens (tertiary/aromatic N) is 1. The first-order valence-electron chi connectivity index (χ1n) is 8.36. The second kappa shape index (κ2) is 8.82. The van der Waals surface area contributed by atoms with Crippen LogP contribution in [0.1, 0.15) is 36.0 Å². The van der Waals surface area contributed by atoms with Crippen molar-refractivity contribution >= 4 is 12.0 Å². The third-order valence-corrected chi connectivity index (χ3v) is 4.26. The molecule has 0 amide bonds. The second-order valence-electron chi connectivity index (χ2n) is 6.26. The highest BCUT2D eigenvalue weighted by atomic mass is 19.4. The number of aliphatic carboxylic acids is 1. The van der Waals surface area contributed by atoms with E-state index in [2.05, 4.69) is 4.99 Å². The predicted octanol–water partition coefficient (Wildman–Crippen LogP) is 4.53. The van der Waals surface area contributed by atoms with E-state index in [1.807, 2.05) is 0 Å². The summed E-state index contributed by atoms with van der Waals surface area (Å²) < 4.78 is 45.3. The van der Waals surface area contributed by atoms with Crippen molar-refractivity contribution in [3.05, 3.63) is 71.3 Å². The molecule has 0 saturated heterocycles. The molecule has 0 aliphatic rings. The SMILES string of the molecule is CC(CC(N=C=O)(OCc1ccccc1)C(=O)O)c1ccccc1C(F)(F)F. The maximum Gasteiger partial charge on any atom is 0.416 e. The Kier molecular flexibility index (Phi) is 6.72. The average molecular weight is 393 g/mol. The number of rotatable bonds is 8. The summed E-state index contributed by atoms with van der Waals surface area (Å²) in [5, 5.41) is 9.64. The van der Waals surface area contributed by atoms with Gasteiger partial charge in [-0.25, -0.2) is 9.59 Å². The van der Waals surface area contributed by atoms with Gasteiger partial charge in [-0.2, -0.15) is 18.2 Å². The summed E-state index contributed by atoms with van der Waals surface area (Å²) in [7, 11) is 0. The molecule has 5 nitrogen and oxygen atoms in total. The number of alkyl halides is 3. The van der Waals surface area contributed by atoms with Crippen molar-refractivity contribution < 1.29 is 32.6 Å². The number of carboxylic acids is 1. The Labute approximate surface area is 159 Å². The van der Waals surface area contributed by atoms with Gasteiger partial charge in [0.05, 0.1) is 12.2 Å². The van der Waals surface area contributed by atoms with Gasteiger partial charge in [0.1, 0.15) is 0 Å². The van der Waals surface area contributed by atoms with Gasteiger partial charge in [0.2, 0.25) is 6.08 Å². The topological polar surface area (TPSA) is 76.0 Å². The number of carbonyl (C=O) groups excluding carboxylic acids is 1. The lowest BCUT2D eigenvalue weighted by Crippen LogP contribution is -2.41. The second-order valence-corrected chi connectivity index (χ2v) is 6.26. The van der Waals surface area contributed by atoms with Gasteiger partial charge in [0, 0.05) is 6.42 Å². The molecule has 2 atom stereocenters. The summed E-state index contributed by atoms with van der Waals surface area (Å²) in [5.41, 5.74) is -2.71. The Hall–Kier alpha value is -2.96. The third kappa shape index (κ3) is 5.06. The quantitative estimate of drug-likeness (QED) is 0.528. The van der Waals surface area contributed by atoms with Crippen molar-refractivity contribution in [1.82, 2.24) is 0 Å². The molecule has 0 saturated carbocycles. The zero-order valence-electron chi connectivity index (χ0n) is 14.9. The van der Waals surface area contributed by atoms with E-state index in [0.717, 1.165) is 6.07 Å². The molecule has 2 aromatic carbocycles. The van der Waals surface area contributed by atoms with Crippen molar-refractivity contribution in [2.45, 2.75) is 37.8 Å². The van der Waals surface area contributed by atoms with E-state index in [9.17, 15) is 27.9 Å². The number of halogens is 3. The van der Waals surface area contributed by atoms with Gasteiger partial charge in [0.15, 0.2) is 0 Å². The summed E-state index contributed by atoms with van der Waals surface area (Å²) in [5.74, 6) is -2.50. The molecule has 8 heteroatoms. The highest BCUT2D eigenvalue weighted by molar-refractivity contribution is 5.78. The maximum absolute atomic E-state index is 13.3. The van der Waals surface area contributed by atoms with Crippen LogP contribution in [0.4, 0.5) is 13.2 Å². The Morgan fingerprint density at radius 1 is 1.14 bits per heavy atom. The number of isocyanates is 1. The van der Waals surface area contributed by atoms with E-state index < -0.39 is 35.8 Å². The number of benzene rings is 2. The fourth-order valence-corrected chi connectivity index (χ4v) is 2.89. The van der Waals surface area contributed by atoms with E-state index in [0.29, 0.717) is 5.56 Å². The molecule has 2 unspecified atom stereocenters. The first-order valence-corrected chi connectivity index (χ1v) is 8.36. The average Bonchev–Trinajstić information content (AvgIpc) is 2.66. The molecule has 2 aromatic rings. The van der Waals surface area contributed by atoms with Gasteiger partial charge in [-0.1, -0.05) is 55.5 Å². The van der Waals surface area contributed by atoms with Crippen LogP contribution in [-0.4, -0.2) is 22.9 Å². The van der Waals surface area contributed by atoms with Crippen molar-refractivity contribution in [1.29, 1.82) is 0 Å². The predicted molar refractivity (Wildman–Crippen MR) is 94.2 cm³/mol. The van der Waals surface area contributed by atoms with Gasteiger partial charge in [-0.05, 0) is 23.1 Å². The van der Waals surface area contributed by atoms with Crippen LogP contribution in [-0.2, 0) is 27.1 Å². The molecule has 148 valence electrons. The monoisotopic (exact) mass is 393 g/mol. The summed E-state index contributed by atoms with van der Waals surface area (Å²) in [6, 6.07) is 13.4. The largest absolute Gasteiger partial charge is 0.478 e. The molecule has 0 aromatic heterocycles. The van der Waals surface area contributed by atoms with E-state index in [1.54, 1.807) is 30.3 Å². The normalized spacial score (nSPS) is 14.6. The number of hydrogen-bond donors (Lipinski definition) is 1. The molecule has 0 fully saturated rings. The minimum absolute atomic E-state index is 0.106. The third-order valence-electron chi connectivity index (χ3n) is 4.26. The number of ether oxygens (including phenoxy) is 1. The van der Waals surface area contributed by atoms with Crippen LogP contribution in [0.15, 0.2) is 59.6 Å². The lowest BCUT2D eigenvalue weighted by Gasteiger charge is -2.28. The van der Waals surface area contributed by atoms with E-state index in [1.165, 1.54) is 31.2 Å². The van der Waals surface area contributed by atoms with Crippen LogP contribution < -0.4 is 0 Å². The Morgan fingerprint density at radius 3 is 2.32 bits per heavy atom. The summed E-state index contributed by atoms with van der Waals surface area (Å²) in [6.45, 7) is 1.24. The fourth-order valence-electron chi connectivity index (χ4n) is 2.89. The minimum Gasteiger partial charge on any atom is -0.478 e. The van der Waals surface area contributed by atoms with E-state index in [4.69, 9.17) is 4.74 Å². The number of carboxylic acid groups (broad SMARTS) is 1. The van der Waals surface area contributed by atoms with Crippen LogP contribution in [0, 0.1) is 0 Å². The number of aliphatic imine (C=N–C) groups is 1. The van der Waals surface area contributed by atoms with Gasteiger partial charge in [-0.3, -0.25) is 0 Å². The van der Waals surface area contributed by atoms with Crippen molar-refractivity contribution in [2.24, 2.45) is 4.99 Å². The molecule has 0 bridgehead atoms. The summed E-state index contributed by atoms with van der Waals surface area (Å²) in [4.78, 5) is 26.0. The van der Waals surface area contributed by atoms with Crippen LogP contribution >= 0.6 is 0 Å². The van der Waals surface area contributed by atoms with Crippen molar-refractivity contribution in [3.63, 3.8) is 0 Å². The van der Waals surface area contributed by atoms with Crippen LogP contribution in [0.25, 0.3) is 0 Å². The van der Waals surface area contributed by atoms with E-state index in [-0.39, 0.29) is 12.2 Å². The lowest BCUT2D eigenvalue weighted by atomic mass is 9.88. The Bertz CT molecular complexity index is 859. The standard InChI is InChI=1S/C20H18F3NO4/c1-14(16-9-5-6-10-17(16)20(21,22)23)11-19(18(26)27,24-13-25)28-12-15-7-3-2-4-8-15/h2-10,14H,11-12H2,1H3,(H,26,27). The van der Waals surface area contributed by atoms with Crippen molar-refractivity contribution in [2.75, 3.05) is 0 Å². The summed E-state index contributed by atoms with van der Waals surface area (Å²) in [6.07, 6.45) is -3.90. The highest BCUT2D eigenvalue weighted by Gasteiger charge is 2.43. The van der Waals surface area contributed by atoms with Crippen LogP contribution in [0.5, 0.6) is 0 Å². The molecular formula is C20H18F3NO4. The molecule has 0 aliphatic carbocycles. The molecule has 28 heavy (non-hydrogen) atoms. The maximum atomic E-state index is 13.3. The lowest BCUT2D eigenvalue weighted by molar-refractivity contribution is -0.168. The molecule has 2 rings (SSSR count). The first-order chi connectivity index (χ1) is 13.2. The molecule has 0 heterocycles. The van der Waals surface area contributed by atoms with Crippen molar-refractivity contribution in [3.8, 4) is 0 Å². The molecule has 0 aliphatic heterocycles. The van der Waals surface area contributed by atoms with Gasteiger partial charge < -0.3 is 9.84 Å². The minimum atomic E-state index is -4.60. The fraction of sp³-hybridized carbons (Fsp3) is 0.300. The Morgan fingerprint density at radius 2 is 1.75 bits per heavy atom. The number of hydrogen-bond acceptors (Lipinski definition) is 4. The number of carbonyl (C=O) groups is 1. The smallest absolute Gasteiger partial charge is 0.416 e. The molecule has 0 radical (unpaired) electrons. The molecule has 0 spiro atoms. The first kappa shape index (κ1) is 21.3. The zero-order valence-corrected chi connectivity index (χ0v) is 14.9. The van der Waals surface area contributed by atoms with Crippen LogP contribution in [0.3, 0.4) is 0 Å². The zero-order chi connectivity index (χ0) is 20.8. The Balaban J connectivity index is 2.35. The van der Waals surface area contributed by atoms with Gasteiger partial charge in [0.25, 0.3) is 5.72 Å². The molecule has 1 N–H and O–H groups in total. The van der Waals surface area contributed by atoms with E-state index >= 15 is 0 Å².